The van der Waals surface area contributed by atoms with Gasteiger partial charge in [0.05, 0.1) is 0 Å². The van der Waals surface area contributed by atoms with E-state index in [0.29, 0.717) is 0 Å². The molecule has 0 amide bonds. The summed E-state index contributed by atoms with van der Waals surface area (Å²) in [6.45, 7) is 3.86. The maximum atomic E-state index is 9.25. The first-order chi connectivity index (χ1) is 9.35. The van der Waals surface area contributed by atoms with Gasteiger partial charge >= 0.3 is 5.97 Å². The Labute approximate surface area is 125 Å². The average Bonchev–Trinajstić information content (AvgIpc) is 2.46. The van der Waals surface area contributed by atoms with Gasteiger partial charge in [-0.25, -0.2) is 4.79 Å². The van der Waals surface area contributed by atoms with Crippen molar-refractivity contribution in [3.8, 4) is 0 Å². The zero-order valence-corrected chi connectivity index (χ0v) is 12.9. The van der Waals surface area contributed by atoms with Crippen LogP contribution in [0.1, 0.15) is 12.0 Å². The smallest absolute Gasteiger partial charge is 0.327 e. The lowest BCUT2D eigenvalue weighted by Gasteiger charge is -2.27. The number of aliphatic carboxylic acids is 1. The van der Waals surface area contributed by atoms with Crippen LogP contribution in [0.3, 0.4) is 0 Å². The molecule has 20 heavy (non-hydrogen) atoms. The van der Waals surface area contributed by atoms with Crippen LogP contribution in [0.25, 0.3) is 0 Å². The van der Waals surface area contributed by atoms with Crippen molar-refractivity contribution in [1.29, 1.82) is 0 Å². The summed E-state index contributed by atoms with van der Waals surface area (Å²) in [5.74, 6) is -0.981. The molecule has 0 saturated carbocycles. The van der Waals surface area contributed by atoms with Crippen molar-refractivity contribution in [3.05, 3.63) is 48.6 Å². The number of alkyl halides is 1. The molecule has 0 spiro atoms. The molecular weight excluding hydrogens is 278 g/mol. The second kappa shape index (κ2) is 9.53. The summed E-state index contributed by atoms with van der Waals surface area (Å²) < 4.78 is 5.41. The number of ether oxygens (including phenoxy) is 1. The lowest BCUT2D eigenvalue weighted by Crippen LogP contribution is -2.27. The summed E-state index contributed by atoms with van der Waals surface area (Å²) in [4.78, 5) is 11.3. The first kappa shape index (κ1) is 18.6. The molecule has 1 N–H and O–H groups in total. The fraction of sp³-hybridized carbons (Fsp3) is 0.400. The number of carboxylic acid groups (broad SMARTS) is 1. The predicted octanol–water partition coefficient (Wildman–Crippen LogP) is 2.93. The van der Waals surface area contributed by atoms with Crippen LogP contribution < -0.4 is 0 Å². The molecule has 0 heterocycles. The van der Waals surface area contributed by atoms with E-state index in [1.807, 2.05) is 44.4 Å². The van der Waals surface area contributed by atoms with Crippen LogP contribution >= 0.6 is 11.6 Å². The summed E-state index contributed by atoms with van der Waals surface area (Å²) in [7, 11) is 5.70. The molecule has 0 aliphatic rings. The molecule has 0 aliphatic heterocycles. The monoisotopic (exact) mass is 299 g/mol. The quantitative estimate of drug-likeness (QED) is 0.648. The van der Waals surface area contributed by atoms with Crippen molar-refractivity contribution in [2.75, 3.05) is 27.7 Å². The van der Waals surface area contributed by atoms with E-state index >= 15 is 0 Å². The van der Waals surface area contributed by atoms with E-state index in [2.05, 4.69) is 11.5 Å². The normalized spacial score (nSPS) is 13.1. The van der Waals surface area contributed by atoms with Gasteiger partial charge < -0.3 is 14.7 Å². The van der Waals surface area contributed by atoms with Crippen molar-refractivity contribution in [2.24, 2.45) is 0 Å². The van der Waals surface area contributed by atoms with Crippen molar-refractivity contribution in [1.82, 2.24) is 4.90 Å². The predicted molar refractivity (Wildman–Crippen MR) is 82.0 cm³/mol. The maximum absolute atomic E-state index is 9.25. The zero-order chi connectivity index (χ0) is 15.6. The molecule has 1 atom stereocenters. The Morgan fingerprint density at radius 2 is 1.95 bits per heavy atom. The van der Waals surface area contributed by atoms with Gasteiger partial charge in [-0.2, -0.15) is 0 Å². The second-order valence-electron chi connectivity index (χ2n) is 4.39. The maximum Gasteiger partial charge on any atom is 0.327 e. The molecule has 1 aromatic rings. The highest BCUT2D eigenvalue weighted by Crippen LogP contribution is 2.33. The number of carbonyl (C=O) groups is 1. The third-order valence-electron chi connectivity index (χ3n) is 2.58. The summed E-state index contributed by atoms with van der Waals surface area (Å²) >= 11 is 6.44. The lowest BCUT2D eigenvalue weighted by molar-refractivity contribution is -0.131. The van der Waals surface area contributed by atoms with Crippen LogP contribution in [0.4, 0.5) is 0 Å². The number of hydrogen-bond acceptors (Lipinski definition) is 3. The zero-order valence-electron chi connectivity index (χ0n) is 12.2. The first-order valence-corrected chi connectivity index (χ1v) is 6.53. The number of methoxy groups -OCH3 is 1. The standard InChI is InChI=1S/C12H18ClNO.C3H4O2/c1-14(2)10-9-12(13,15-3)11-7-5-4-6-8-11;1-2-3(4)5/h4-8H,9-10H2,1-3H3;2H,1H2,(H,4,5). The van der Waals surface area contributed by atoms with Crippen LogP contribution in [-0.4, -0.2) is 43.7 Å². The summed E-state index contributed by atoms with van der Waals surface area (Å²) in [5.41, 5.74) is 1.01. The third-order valence-corrected chi connectivity index (χ3v) is 3.15. The Bertz CT molecular complexity index is 409. The number of carboxylic acids is 1. The molecule has 1 rings (SSSR count). The highest BCUT2D eigenvalue weighted by Gasteiger charge is 2.28. The summed E-state index contributed by atoms with van der Waals surface area (Å²) in [5, 5.41) is 6.90. The Hall–Kier alpha value is -1.36. The number of hydrogen-bond donors (Lipinski definition) is 1. The highest BCUT2D eigenvalue weighted by atomic mass is 35.5. The molecule has 0 aromatic heterocycles. The Morgan fingerprint density at radius 3 is 2.30 bits per heavy atom. The largest absolute Gasteiger partial charge is 0.478 e. The first-order valence-electron chi connectivity index (χ1n) is 6.15. The van der Waals surface area contributed by atoms with Gasteiger partial charge in [-0.05, 0) is 19.7 Å². The van der Waals surface area contributed by atoms with E-state index < -0.39 is 11.0 Å². The van der Waals surface area contributed by atoms with Crippen LogP contribution in [0.15, 0.2) is 43.0 Å². The van der Waals surface area contributed by atoms with Gasteiger partial charge in [-0.3, -0.25) is 0 Å². The lowest BCUT2D eigenvalue weighted by atomic mass is 10.1. The second-order valence-corrected chi connectivity index (χ2v) is 5.00. The van der Waals surface area contributed by atoms with Crippen molar-refractivity contribution < 1.29 is 14.6 Å². The number of benzene rings is 1. The van der Waals surface area contributed by atoms with Crippen LogP contribution in [-0.2, 0) is 14.6 Å². The van der Waals surface area contributed by atoms with Crippen molar-refractivity contribution in [2.45, 2.75) is 11.5 Å². The molecule has 5 heteroatoms. The molecule has 0 bridgehead atoms. The summed E-state index contributed by atoms with van der Waals surface area (Å²) in [6, 6.07) is 9.91. The van der Waals surface area contributed by atoms with Gasteiger partial charge in [-0.1, -0.05) is 48.5 Å². The van der Waals surface area contributed by atoms with Gasteiger partial charge in [-0.15, -0.1) is 0 Å². The van der Waals surface area contributed by atoms with Gasteiger partial charge in [0.1, 0.15) is 0 Å². The Morgan fingerprint density at radius 1 is 1.45 bits per heavy atom. The van der Waals surface area contributed by atoms with E-state index in [0.717, 1.165) is 24.6 Å². The van der Waals surface area contributed by atoms with Crippen LogP contribution in [0, 0.1) is 0 Å². The number of rotatable bonds is 6. The Kier molecular flexibility index (Phi) is 8.88. The molecule has 0 saturated heterocycles. The minimum absolute atomic E-state index is 0.703. The SMILES string of the molecule is C=CC(=O)O.COC(Cl)(CCN(C)C)c1ccccc1. The van der Waals surface area contributed by atoms with E-state index in [1.165, 1.54) is 0 Å². The number of nitrogens with zero attached hydrogens (tertiary/aromatic N) is 1. The molecule has 0 radical (unpaired) electrons. The third kappa shape index (κ3) is 7.28. The molecule has 0 aliphatic carbocycles. The van der Waals surface area contributed by atoms with Gasteiger partial charge in [0.25, 0.3) is 0 Å². The van der Waals surface area contributed by atoms with Gasteiger partial charge in [0.2, 0.25) is 0 Å². The molecule has 112 valence electrons. The van der Waals surface area contributed by atoms with E-state index in [9.17, 15) is 4.79 Å². The van der Waals surface area contributed by atoms with Crippen LogP contribution in [0.2, 0.25) is 0 Å². The fourth-order valence-corrected chi connectivity index (χ4v) is 1.63. The fourth-order valence-electron chi connectivity index (χ4n) is 1.42. The average molecular weight is 300 g/mol. The molecular formula is C15H22ClNO3. The van der Waals surface area contributed by atoms with Gasteiger partial charge in [0, 0.05) is 26.2 Å². The molecule has 0 fully saturated rings. The molecule has 4 nitrogen and oxygen atoms in total. The Balaban J connectivity index is 0.000000621. The van der Waals surface area contributed by atoms with Gasteiger partial charge in [0.15, 0.2) is 5.06 Å². The highest BCUT2D eigenvalue weighted by molar-refractivity contribution is 6.23. The molecule has 1 aromatic carbocycles. The van der Waals surface area contributed by atoms with Crippen molar-refractivity contribution >= 4 is 17.6 Å². The van der Waals surface area contributed by atoms with E-state index in [-0.39, 0.29) is 0 Å². The van der Waals surface area contributed by atoms with E-state index in [4.69, 9.17) is 21.4 Å². The molecule has 1 unspecified atom stereocenters. The van der Waals surface area contributed by atoms with Crippen LogP contribution in [0.5, 0.6) is 0 Å². The van der Waals surface area contributed by atoms with E-state index in [1.54, 1.807) is 7.11 Å². The topological polar surface area (TPSA) is 49.8 Å². The minimum Gasteiger partial charge on any atom is -0.478 e. The van der Waals surface area contributed by atoms with Crippen molar-refractivity contribution in [3.63, 3.8) is 0 Å². The summed E-state index contributed by atoms with van der Waals surface area (Å²) in [6.07, 6.45) is 1.60. The minimum atomic E-state index is -0.981. The number of halogens is 1.